The van der Waals surface area contributed by atoms with E-state index in [0.717, 1.165) is 23.6 Å². The van der Waals surface area contributed by atoms with Crippen LogP contribution in [0.5, 0.6) is 0 Å². The summed E-state index contributed by atoms with van der Waals surface area (Å²) < 4.78 is 3.85. The zero-order valence-corrected chi connectivity index (χ0v) is 11.3. The monoisotopic (exact) mass is 268 g/mol. The first-order valence-electron chi connectivity index (χ1n) is 5.98. The molecule has 1 aromatic rings. The molecule has 1 aromatic heterocycles. The third-order valence-corrected chi connectivity index (χ3v) is 3.53. The van der Waals surface area contributed by atoms with Crippen molar-refractivity contribution in [2.75, 3.05) is 19.6 Å². The van der Waals surface area contributed by atoms with E-state index in [4.69, 9.17) is 0 Å². The summed E-state index contributed by atoms with van der Waals surface area (Å²) in [5.41, 5.74) is 0.717. The molecule has 0 saturated carbocycles. The van der Waals surface area contributed by atoms with Crippen LogP contribution in [-0.2, 0) is 4.79 Å². The summed E-state index contributed by atoms with van der Waals surface area (Å²) >= 11 is 1.10. The highest BCUT2D eigenvalue weighted by molar-refractivity contribution is 7.08. The average Bonchev–Trinajstić information content (AvgIpc) is 2.72. The molecule has 0 aromatic carbocycles. The molecule has 0 radical (unpaired) electrons. The molecule has 0 unspecified atom stereocenters. The summed E-state index contributed by atoms with van der Waals surface area (Å²) in [5.74, 6) is -0.0846. The van der Waals surface area contributed by atoms with Gasteiger partial charge in [-0.3, -0.25) is 9.59 Å². The molecule has 1 fully saturated rings. The molecule has 1 aliphatic heterocycles. The van der Waals surface area contributed by atoms with E-state index in [1.165, 1.54) is 0 Å². The van der Waals surface area contributed by atoms with Crippen molar-refractivity contribution in [3.8, 4) is 0 Å². The van der Waals surface area contributed by atoms with Gasteiger partial charge in [-0.15, -0.1) is 5.10 Å². The Bertz CT molecular complexity index is 458. The predicted octanol–water partition coefficient (Wildman–Crippen LogP) is 0.624. The Balaban J connectivity index is 2.19. The van der Waals surface area contributed by atoms with Gasteiger partial charge in [0.1, 0.15) is 4.88 Å². The minimum absolute atomic E-state index is 0.107. The molecular weight excluding hydrogens is 252 g/mol. The second-order valence-corrected chi connectivity index (χ2v) is 5.33. The molecule has 0 spiro atoms. The number of nitrogens with one attached hydrogen (secondary N) is 1. The van der Waals surface area contributed by atoms with Crippen molar-refractivity contribution in [3.05, 3.63) is 10.6 Å². The van der Waals surface area contributed by atoms with Crippen molar-refractivity contribution in [3.63, 3.8) is 0 Å². The lowest BCUT2D eigenvalue weighted by Gasteiger charge is -2.18. The summed E-state index contributed by atoms with van der Waals surface area (Å²) in [4.78, 5) is 25.9. The van der Waals surface area contributed by atoms with Crippen LogP contribution < -0.4 is 5.32 Å². The summed E-state index contributed by atoms with van der Waals surface area (Å²) in [6.45, 7) is 5.28. The number of amides is 2. The van der Waals surface area contributed by atoms with Gasteiger partial charge in [-0.1, -0.05) is 18.3 Å². The highest BCUT2D eigenvalue weighted by Crippen LogP contribution is 2.21. The molecule has 98 valence electrons. The van der Waals surface area contributed by atoms with E-state index >= 15 is 0 Å². The smallest absolute Gasteiger partial charge is 0.268 e. The van der Waals surface area contributed by atoms with Crippen LogP contribution in [-0.4, -0.2) is 45.9 Å². The second kappa shape index (κ2) is 5.43. The predicted molar refractivity (Wildman–Crippen MR) is 67.5 cm³/mol. The molecule has 0 aliphatic carbocycles. The topological polar surface area (TPSA) is 75.2 Å². The Morgan fingerprint density at radius 2 is 2.28 bits per heavy atom. The highest BCUT2D eigenvalue weighted by atomic mass is 32.1. The standard InChI is InChI=1S/C11H16N4O2S/c1-7(2)9-10(18-14-13-9)11(17)15-5-3-4-12-8(16)6-15/h7H,3-6H2,1-2H3,(H,12,16). The van der Waals surface area contributed by atoms with E-state index in [1.807, 2.05) is 13.8 Å². The number of carbonyl (C=O) groups excluding carboxylic acids is 2. The maximum Gasteiger partial charge on any atom is 0.268 e. The number of aromatic nitrogens is 2. The van der Waals surface area contributed by atoms with Crippen LogP contribution in [0.25, 0.3) is 0 Å². The number of nitrogens with zero attached hydrogens (tertiary/aromatic N) is 3. The molecule has 7 heteroatoms. The van der Waals surface area contributed by atoms with Gasteiger partial charge in [0, 0.05) is 13.1 Å². The van der Waals surface area contributed by atoms with E-state index in [0.29, 0.717) is 18.0 Å². The van der Waals surface area contributed by atoms with Crippen molar-refractivity contribution in [2.24, 2.45) is 0 Å². The van der Waals surface area contributed by atoms with Gasteiger partial charge in [0.05, 0.1) is 12.2 Å². The van der Waals surface area contributed by atoms with Gasteiger partial charge >= 0.3 is 0 Å². The van der Waals surface area contributed by atoms with Gasteiger partial charge in [-0.25, -0.2) is 0 Å². The SMILES string of the molecule is CC(C)c1nnsc1C(=O)N1CCCNC(=O)C1. The second-order valence-electron chi connectivity index (χ2n) is 4.57. The molecule has 0 atom stereocenters. The Labute approximate surface area is 110 Å². The van der Waals surface area contributed by atoms with Crippen molar-refractivity contribution in [1.29, 1.82) is 0 Å². The molecule has 6 nitrogen and oxygen atoms in total. The fraction of sp³-hybridized carbons (Fsp3) is 0.636. The average molecular weight is 268 g/mol. The first-order chi connectivity index (χ1) is 8.59. The largest absolute Gasteiger partial charge is 0.354 e. The van der Waals surface area contributed by atoms with Crippen molar-refractivity contribution >= 4 is 23.3 Å². The van der Waals surface area contributed by atoms with Crippen LogP contribution in [0.4, 0.5) is 0 Å². The molecule has 2 amide bonds. The Morgan fingerprint density at radius 1 is 1.50 bits per heavy atom. The molecule has 1 N–H and O–H groups in total. The number of carbonyl (C=O) groups is 2. The lowest BCUT2D eigenvalue weighted by molar-refractivity contribution is -0.121. The molecule has 2 rings (SSSR count). The first kappa shape index (κ1) is 12.9. The van der Waals surface area contributed by atoms with Crippen LogP contribution >= 0.6 is 11.5 Å². The van der Waals surface area contributed by atoms with Gasteiger partial charge in [0.15, 0.2) is 0 Å². The Morgan fingerprint density at radius 3 is 3.00 bits per heavy atom. The fourth-order valence-electron chi connectivity index (χ4n) is 1.85. The third-order valence-electron chi connectivity index (χ3n) is 2.80. The van der Waals surface area contributed by atoms with E-state index in [9.17, 15) is 9.59 Å². The van der Waals surface area contributed by atoms with Crippen LogP contribution in [0.15, 0.2) is 0 Å². The summed E-state index contributed by atoms with van der Waals surface area (Å²) in [6, 6.07) is 0. The minimum Gasteiger partial charge on any atom is -0.354 e. The quantitative estimate of drug-likeness (QED) is 0.853. The highest BCUT2D eigenvalue weighted by Gasteiger charge is 2.26. The van der Waals surface area contributed by atoms with E-state index in [-0.39, 0.29) is 24.3 Å². The minimum atomic E-state index is -0.134. The summed E-state index contributed by atoms with van der Waals surface area (Å²) in [5, 5.41) is 6.75. The molecular formula is C11H16N4O2S. The molecule has 0 bridgehead atoms. The summed E-state index contributed by atoms with van der Waals surface area (Å²) in [7, 11) is 0. The zero-order valence-electron chi connectivity index (χ0n) is 10.5. The van der Waals surface area contributed by atoms with E-state index < -0.39 is 0 Å². The van der Waals surface area contributed by atoms with E-state index in [1.54, 1.807) is 4.90 Å². The summed E-state index contributed by atoms with van der Waals surface area (Å²) in [6.07, 6.45) is 0.778. The van der Waals surface area contributed by atoms with Crippen molar-refractivity contribution in [1.82, 2.24) is 19.8 Å². The molecule has 1 saturated heterocycles. The Hall–Kier alpha value is -1.50. The van der Waals surface area contributed by atoms with Crippen LogP contribution in [0.3, 0.4) is 0 Å². The number of rotatable bonds is 2. The fourth-order valence-corrected chi connectivity index (χ4v) is 2.63. The van der Waals surface area contributed by atoms with Crippen molar-refractivity contribution < 1.29 is 9.59 Å². The maximum atomic E-state index is 12.4. The lowest BCUT2D eigenvalue weighted by atomic mass is 10.1. The van der Waals surface area contributed by atoms with Gasteiger partial charge in [-0.05, 0) is 23.9 Å². The van der Waals surface area contributed by atoms with Crippen molar-refractivity contribution in [2.45, 2.75) is 26.2 Å². The van der Waals surface area contributed by atoms with Crippen LogP contribution in [0, 0.1) is 0 Å². The molecule has 18 heavy (non-hydrogen) atoms. The first-order valence-corrected chi connectivity index (χ1v) is 6.75. The van der Waals surface area contributed by atoms with E-state index in [2.05, 4.69) is 14.9 Å². The Kier molecular flexibility index (Phi) is 3.90. The maximum absolute atomic E-state index is 12.4. The number of hydrogen-bond acceptors (Lipinski definition) is 5. The van der Waals surface area contributed by atoms with Gasteiger partial charge in [0.25, 0.3) is 5.91 Å². The third kappa shape index (κ3) is 2.66. The van der Waals surface area contributed by atoms with Gasteiger partial charge < -0.3 is 10.2 Å². The van der Waals surface area contributed by atoms with Gasteiger partial charge in [0.2, 0.25) is 5.91 Å². The zero-order chi connectivity index (χ0) is 13.1. The lowest BCUT2D eigenvalue weighted by Crippen LogP contribution is -2.37. The molecule has 2 heterocycles. The van der Waals surface area contributed by atoms with Gasteiger partial charge in [-0.2, -0.15) is 0 Å². The number of hydrogen-bond donors (Lipinski definition) is 1. The normalized spacial score (nSPS) is 16.6. The van der Waals surface area contributed by atoms with Crippen LogP contribution in [0.1, 0.15) is 41.6 Å². The molecule has 1 aliphatic rings. The van der Waals surface area contributed by atoms with Crippen LogP contribution in [0.2, 0.25) is 0 Å².